The molecule has 1 amide bonds. The molecule has 116 valence electrons. The van der Waals surface area contributed by atoms with E-state index in [9.17, 15) is 18.0 Å². The largest absolute Gasteiger partial charge is 0.481 e. The predicted molar refractivity (Wildman–Crippen MR) is 73.8 cm³/mol. The first-order chi connectivity index (χ1) is 9.14. The lowest BCUT2D eigenvalue weighted by Crippen LogP contribution is -2.48. The molecule has 7 nitrogen and oxygen atoms in total. The Kier molecular flexibility index (Phi) is 5.52. The minimum Gasteiger partial charge on any atom is -0.481 e. The summed E-state index contributed by atoms with van der Waals surface area (Å²) in [4.78, 5) is 22.5. The summed E-state index contributed by atoms with van der Waals surface area (Å²) in [6.07, 6.45) is 3.70. The van der Waals surface area contributed by atoms with E-state index in [0.717, 1.165) is 25.5 Å². The zero-order valence-corrected chi connectivity index (χ0v) is 12.4. The van der Waals surface area contributed by atoms with Gasteiger partial charge in [-0.15, -0.1) is 0 Å². The van der Waals surface area contributed by atoms with Crippen molar-refractivity contribution < 1.29 is 23.1 Å². The number of amides is 1. The van der Waals surface area contributed by atoms with Crippen LogP contribution >= 0.6 is 0 Å². The van der Waals surface area contributed by atoms with Crippen LogP contribution in [0.15, 0.2) is 0 Å². The van der Waals surface area contributed by atoms with Crippen molar-refractivity contribution in [3.05, 3.63) is 0 Å². The van der Waals surface area contributed by atoms with Gasteiger partial charge >= 0.3 is 5.97 Å². The molecule has 0 spiro atoms. The van der Waals surface area contributed by atoms with E-state index < -0.39 is 27.8 Å². The van der Waals surface area contributed by atoms with Crippen molar-refractivity contribution in [2.45, 2.75) is 38.1 Å². The molecule has 0 bridgehead atoms. The molecule has 20 heavy (non-hydrogen) atoms. The Morgan fingerprint density at radius 3 is 2.40 bits per heavy atom. The van der Waals surface area contributed by atoms with Gasteiger partial charge in [-0.1, -0.05) is 6.42 Å². The van der Waals surface area contributed by atoms with Crippen molar-refractivity contribution in [1.82, 2.24) is 5.32 Å². The van der Waals surface area contributed by atoms with Crippen LogP contribution < -0.4 is 11.1 Å². The van der Waals surface area contributed by atoms with Gasteiger partial charge in [0, 0.05) is 12.8 Å². The van der Waals surface area contributed by atoms with Gasteiger partial charge in [0.2, 0.25) is 5.91 Å². The lowest BCUT2D eigenvalue weighted by atomic mass is 9.66. The molecule has 0 radical (unpaired) electrons. The number of sulfone groups is 1. The summed E-state index contributed by atoms with van der Waals surface area (Å²) in [6, 6.07) is -0.883. The average Bonchev–Trinajstić information content (AvgIpc) is 2.27. The molecule has 8 heteroatoms. The smallest absolute Gasteiger partial charge is 0.303 e. The molecule has 1 unspecified atom stereocenters. The van der Waals surface area contributed by atoms with Crippen molar-refractivity contribution in [3.63, 3.8) is 0 Å². The van der Waals surface area contributed by atoms with Crippen LogP contribution in [0.2, 0.25) is 0 Å². The highest BCUT2D eigenvalue weighted by Crippen LogP contribution is 2.43. The average molecular weight is 306 g/mol. The summed E-state index contributed by atoms with van der Waals surface area (Å²) in [7, 11) is -3.14. The first-order valence-corrected chi connectivity index (χ1v) is 8.62. The summed E-state index contributed by atoms with van der Waals surface area (Å²) in [6.45, 7) is 0.282. The maximum atomic E-state index is 11.8. The number of carboxylic acids is 1. The Hall–Kier alpha value is -1.15. The van der Waals surface area contributed by atoms with Crippen LogP contribution in [0.5, 0.6) is 0 Å². The molecule has 0 aromatic heterocycles. The molecule has 0 saturated heterocycles. The highest BCUT2D eigenvalue weighted by atomic mass is 32.2. The quantitative estimate of drug-likeness (QED) is 0.555. The van der Waals surface area contributed by atoms with Gasteiger partial charge in [0.25, 0.3) is 0 Å². The molecule has 1 saturated carbocycles. The van der Waals surface area contributed by atoms with Gasteiger partial charge in [-0.2, -0.15) is 0 Å². The Morgan fingerprint density at radius 1 is 1.40 bits per heavy atom. The zero-order chi connectivity index (χ0) is 15.4. The fraction of sp³-hybridized carbons (Fsp3) is 0.833. The summed E-state index contributed by atoms with van der Waals surface area (Å²) in [5, 5.41) is 11.5. The minimum atomic E-state index is -3.14. The van der Waals surface area contributed by atoms with E-state index in [-0.39, 0.29) is 30.6 Å². The van der Waals surface area contributed by atoms with Crippen molar-refractivity contribution >= 4 is 21.7 Å². The SMILES string of the molecule is CS(=O)(=O)CCC(N)C(=O)NCC1(CC(=O)O)CCC1. The van der Waals surface area contributed by atoms with Crippen LogP contribution in [0.4, 0.5) is 0 Å². The maximum Gasteiger partial charge on any atom is 0.303 e. The molecule has 0 aromatic carbocycles. The van der Waals surface area contributed by atoms with Crippen LogP contribution in [0.25, 0.3) is 0 Å². The van der Waals surface area contributed by atoms with E-state index in [0.29, 0.717) is 0 Å². The summed E-state index contributed by atoms with van der Waals surface area (Å²) in [5.41, 5.74) is 5.26. The molecule has 4 N–H and O–H groups in total. The number of nitrogens with one attached hydrogen (secondary N) is 1. The second-order valence-corrected chi connectivity index (χ2v) is 7.93. The van der Waals surface area contributed by atoms with Crippen molar-refractivity contribution in [3.8, 4) is 0 Å². The number of aliphatic carboxylic acids is 1. The first kappa shape index (κ1) is 16.9. The topological polar surface area (TPSA) is 127 Å². The van der Waals surface area contributed by atoms with Crippen molar-refractivity contribution in [1.29, 1.82) is 0 Å². The second kappa shape index (κ2) is 6.53. The standard InChI is InChI=1S/C12H22N2O5S/c1-20(18,19)6-3-9(13)11(17)14-8-12(4-2-5-12)7-10(15)16/h9H,2-8,13H2,1H3,(H,14,17)(H,15,16). The highest BCUT2D eigenvalue weighted by molar-refractivity contribution is 7.90. The van der Waals surface area contributed by atoms with E-state index in [4.69, 9.17) is 10.8 Å². The van der Waals surface area contributed by atoms with Gasteiger partial charge in [-0.05, 0) is 24.7 Å². The minimum absolute atomic E-state index is 0.0336. The number of carboxylic acid groups (broad SMARTS) is 1. The van der Waals surface area contributed by atoms with Crippen LogP contribution in [-0.2, 0) is 19.4 Å². The number of rotatable bonds is 8. The Labute approximate surface area is 118 Å². The van der Waals surface area contributed by atoms with Crippen molar-refractivity contribution in [2.24, 2.45) is 11.1 Å². The fourth-order valence-corrected chi connectivity index (χ4v) is 2.97. The number of carbonyl (C=O) groups excluding carboxylic acids is 1. The summed E-state index contributed by atoms with van der Waals surface area (Å²) < 4.78 is 22.0. The van der Waals surface area contributed by atoms with Crippen LogP contribution in [-0.4, -0.2) is 50.0 Å². The normalized spacial score (nSPS) is 18.9. The molecule has 0 aliphatic heterocycles. The van der Waals surface area contributed by atoms with E-state index in [1.807, 2.05) is 0 Å². The monoisotopic (exact) mass is 306 g/mol. The molecule has 1 aliphatic carbocycles. The molecule has 1 aliphatic rings. The molecule has 1 fully saturated rings. The number of hydrogen-bond acceptors (Lipinski definition) is 5. The second-order valence-electron chi connectivity index (χ2n) is 5.67. The van der Waals surface area contributed by atoms with E-state index >= 15 is 0 Å². The third kappa shape index (κ3) is 5.46. The number of hydrogen-bond donors (Lipinski definition) is 3. The van der Waals surface area contributed by atoms with Crippen LogP contribution in [0.3, 0.4) is 0 Å². The van der Waals surface area contributed by atoms with E-state index in [1.165, 1.54) is 0 Å². The number of carbonyl (C=O) groups is 2. The number of nitrogens with two attached hydrogens (primary N) is 1. The summed E-state index contributed by atoms with van der Waals surface area (Å²) in [5.74, 6) is -1.44. The highest BCUT2D eigenvalue weighted by Gasteiger charge is 2.39. The molecular weight excluding hydrogens is 284 g/mol. The van der Waals surface area contributed by atoms with Gasteiger partial charge in [0.15, 0.2) is 0 Å². The maximum absolute atomic E-state index is 11.8. The Balaban J connectivity index is 2.40. The fourth-order valence-electron chi connectivity index (χ4n) is 2.29. The van der Waals surface area contributed by atoms with Crippen LogP contribution in [0, 0.1) is 5.41 Å². The lowest BCUT2D eigenvalue weighted by molar-refractivity contribution is -0.142. The van der Waals surface area contributed by atoms with Gasteiger partial charge in [0.1, 0.15) is 9.84 Å². The molecule has 0 aromatic rings. The first-order valence-electron chi connectivity index (χ1n) is 6.56. The Morgan fingerprint density at radius 2 is 2.00 bits per heavy atom. The van der Waals surface area contributed by atoms with Gasteiger partial charge < -0.3 is 16.2 Å². The lowest BCUT2D eigenvalue weighted by Gasteiger charge is -2.41. The summed E-state index contributed by atoms with van der Waals surface area (Å²) >= 11 is 0. The third-order valence-electron chi connectivity index (χ3n) is 3.71. The van der Waals surface area contributed by atoms with Gasteiger partial charge in [-0.3, -0.25) is 9.59 Å². The van der Waals surface area contributed by atoms with Gasteiger partial charge in [-0.25, -0.2) is 8.42 Å². The predicted octanol–water partition coefficient (Wildman–Crippen LogP) is -0.490. The molecular formula is C12H22N2O5S. The van der Waals surface area contributed by atoms with Crippen LogP contribution in [0.1, 0.15) is 32.1 Å². The van der Waals surface area contributed by atoms with Gasteiger partial charge in [0.05, 0.1) is 18.2 Å². The third-order valence-corrected chi connectivity index (χ3v) is 4.69. The van der Waals surface area contributed by atoms with Crippen molar-refractivity contribution in [2.75, 3.05) is 18.6 Å². The molecule has 0 heterocycles. The molecule has 1 atom stereocenters. The molecule has 1 rings (SSSR count). The van der Waals surface area contributed by atoms with E-state index in [2.05, 4.69) is 5.32 Å². The zero-order valence-electron chi connectivity index (χ0n) is 11.6. The Bertz CT molecular complexity index is 470. The van der Waals surface area contributed by atoms with E-state index in [1.54, 1.807) is 0 Å².